The molecule has 0 saturated carbocycles. The molecule has 0 saturated heterocycles. The smallest absolute Gasteiger partial charge is 0.217 e. The number of carbonyl (C=O) groups is 1. The number of carbonyl (C=O) groups excluding carboxylic acids is 1. The second-order valence-corrected chi connectivity index (χ2v) is 4.18. The highest BCUT2D eigenvalue weighted by Crippen LogP contribution is 2.26. The molecule has 0 bridgehead atoms. The lowest BCUT2D eigenvalue weighted by atomic mass is 10.2. The van der Waals surface area contributed by atoms with Crippen LogP contribution in [0, 0.1) is 0 Å². The van der Waals surface area contributed by atoms with Gasteiger partial charge in [-0.1, -0.05) is 35.9 Å². The zero-order valence-corrected chi connectivity index (χ0v) is 10.6. The van der Waals surface area contributed by atoms with E-state index in [0.29, 0.717) is 11.6 Å². The molecule has 0 aliphatic heterocycles. The van der Waals surface area contributed by atoms with Crippen LogP contribution in [0.3, 0.4) is 0 Å². The lowest BCUT2D eigenvalue weighted by Gasteiger charge is -2.00. The molecule has 0 heterocycles. The van der Waals surface area contributed by atoms with Crippen LogP contribution in [0.2, 0.25) is 5.02 Å². The Labute approximate surface area is 102 Å². The van der Waals surface area contributed by atoms with Crippen LogP contribution in [-0.4, -0.2) is 12.5 Å². The van der Waals surface area contributed by atoms with Crippen LogP contribution in [0.1, 0.15) is 12.5 Å². The van der Waals surface area contributed by atoms with Gasteiger partial charge in [0.05, 0.1) is 5.02 Å². The van der Waals surface area contributed by atoms with Crippen LogP contribution in [0.4, 0.5) is 0 Å². The Morgan fingerprint density at radius 2 is 2.33 bits per heavy atom. The van der Waals surface area contributed by atoms with E-state index in [9.17, 15) is 4.79 Å². The van der Waals surface area contributed by atoms with E-state index in [-0.39, 0.29) is 5.91 Å². The largest absolute Gasteiger partial charge is 0.353 e. The van der Waals surface area contributed by atoms with E-state index in [0.717, 1.165) is 10.0 Å². The van der Waals surface area contributed by atoms with E-state index in [1.807, 2.05) is 30.4 Å². The number of hydrogen-bond donors (Lipinski definition) is 1. The van der Waals surface area contributed by atoms with Crippen molar-refractivity contribution in [3.63, 3.8) is 0 Å². The predicted molar refractivity (Wildman–Crippen MR) is 66.9 cm³/mol. The minimum Gasteiger partial charge on any atom is -0.353 e. The van der Waals surface area contributed by atoms with Crippen molar-refractivity contribution in [3.8, 4) is 0 Å². The van der Waals surface area contributed by atoms with Gasteiger partial charge in [-0.3, -0.25) is 4.79 Å². The van der Waals surface area contributed by atoms with Crippen molar-refractivity contribution in [2.45, 2.75) is 6.92 Å². The van der Waals surface area contributed by atoms with Crippen molar-refractivity contribution in [2.75, 3.05) is 6.54 Å². The number of halogens is 2. The maximum Gasteiger partial charge on any atom is 0.217 e. The molecule has 2 nitrogen and oxygen atoms in total. The molecule has 1 aromatic rings. The van der Waals surface area contributed by atoms with Gasteiger partial charge in [-0.15, -0.1) is 0 Å². The number of amides is 1. The van der Waals surface area contributed by atoms with E-state index in [1.165, 1.54) is 6.92 Å². The summed E-state index contributed by atoms with van der Waals surface area (Å²) in [7, 11) is 0. The number of hydrogen-bond acceptors (Lipinski definition) is 1. The van der Waals surface area contributed by atoms with Gasteiger partial charge in [0.25, 0.3) is 0 Å². The molecular weight excluding hydrogens is 277 g/mol. The highest BCUT2D eigenvalue weighted by atomic mass is 79.9. The van der Waals surface area contributed by atoms with Gasteiger partial charge in [0.15, 0.2) is 0 Å². The third-order valence-corrected chi connectivity index (χ3v) is 3.18. The Kier molecular flexibility index (Phi) is 4.85. The van der Waals surface area contributed by atoms with Crippen LogP contribution >= 0.6 is 27.5 Å². The molecule has 0 aliphatic carbocycles. The molecule has 0 spiro atoms. The fraction of sp³-hybridized carbons (Fsp3) is 0.182. The van der Waals surface area contributed by atoms with Gasteiger partial charge in [0, 0.05) is 17.9 Å². The summed E-state index contributed by atoms with van der Waals surface area (Å²) in [6, 6.07) is 5.64. The predicted octanol–water partition coefficient (Wildman–Crippen LogP) is 3.25. The SMILES string of the molecule is CC(=O)NCC=Cc1cccc(Cl)c1Br. The maximum atomic E-state index is 10.6. The Morgan fingerprint density at radius 1 is 1.60 bits per heavy atom. The van der Waals surface area contributed by atoms with Crippen molar-refractivity contribution in [1.82, 2.24) is 5.32 Å². The number of rotatable bonds is 3. The summed E-state index contributed by atoms with van der Waals surface area (Å²) in [6.07, 6.45) is 3.78. The monoisotopic (exact) mass is 287 g/mol. The maximum absolute atomic E-state index is 10.6. The first-order chi connectivity index (χ1) is 7.11. The average molecular weight is 289 g/mol. The molecule has 0 unspecified atom stereocenters. The molecule has 1 rings (SSSR count). The van der Waals surface area contributed by atoms with E-state index in [2.05, 4.69) is 21.2 Å². The zero-order valence-electron chi connectivity index (χ0n) is 8.26. The number of nitrogens with one attached hydrogen (secondary N) is 1. The average Bonchev–Trinajstić information content (AvgIpc) is 2.18. The minimum absolute atomic E-state index is 0.0372. The zero-order chi connectivity index (χ0) is 11.3. The Hall–Kier alpha value is -0.800. The van der Waals surface area contributed by atoms with Gasteiger partial charge in [-0.05, 0) is 27.6 Å². The molecule has 0 fully saturated rings. The van der Waals surface area contributed by atoms with Gasteiger partial charge in [-0.25, -0.2) is 0 Å². The molecule has 80 valence electrons. The molecule has 1 N–H and O–H groups in total. The standard InChI is InChI=1S/C11H11BrClNO/c1-8(15)14-7-3-5-9-4-2-6-10(13)11(9)12/h2-6H,7H2,1H3,(H,14,15). The Bertz CT molecular complexity index is 390. The molecule has 1 amide bonds. The van der Waals surface area contributed by atoms with E-state index < -0.39 is 0 Å². The van der Waals surface area contributed by atoms with Gasteiger partial charge < -0.3 is 5.32 Å². The highest BCUT2D eigenvalue weighted by molar-refractivity contribution is 9.10. The quantitative estimate of drug-likeness (QED) is 0.909. The fourth-order valence-electron chi connectivity index (χ4n) is 1.04. The lowest BCUT2D eigenvalue weighted by molar-refractivity contribution is -0.118. The number of benzene rings is 1. The lowest BCUT2D eigenvalue weighted by Crippen LogP contribution is -2.19. The van der Waals surface area contributed by atoms with Crippen molar-refractivity contribution >= 4 is 39.5 Å². The van der Waals surface area contributed by atoms with Crippen LogP contribution in [0.25, 0.3) is 6.08 Å². The summed E-state index contributed by atoms with van der Waals surface area (Å²) in [4.78, 5) is 10.6. The minimum atomic E-state index is -0.0372. The summed E-state index contributed by atoms with van der Waals surface area (Å²) < 4.78 is 0.866. The van der Waals surface area contributed by atoms with E-state index in [4.69, 9.17) is 11.6 Å². The second kappa shape index (κ2) is 5.93. The summed E-state index contributed by atoms with van der Waals surface area (Å²) in [5.41, 5.74) is 0.993. The molecule has 0 atom stereocenters. The van der Waals surface area contributed by atoms with E-state index in [1.54, 1.807) is 0 Å². The topological polar surface area (TPSA) is 29.1 Å². The Morgan fingerprint density at radius 3 is 3.00 bits per heavy atom. The van der Waals surface area contributed by atoms with Crippen LogP contribution in [0.15, 0.2) is 28.7 Å². The van der Waals surface area contributed by atoms with Gasteiger partial charge in [-0.2, -0.15) is 0 Å². The normalized spacial score (nSPS) is 10.6. The van der Waals surface area contributed by atoms with Crippen molar-refractivity contribution in [1.29, 1.82) is 0 Å². The summed E-state index contributed by atoms with van der Waals surface area (Å²) in [5.74, 6) is -0.0372. The summed E-state index contributed by atoms with van der Waals surface area (Å²) >= 11 is 9.32. The van der Waals surface area contributed by atoms with Crippen LogP contribution < -0.4 is 5.32 Å². The first-order valence-corrected chi connectivity index (χ1v) is 5.63. The molecular formula is C11H11BrClNO. The van der Waals surface area contributed by atoms with Gasteiger partial charge in [0.1, 0.15) is 0 Å². The van der Waals surface area contributed by atoms with E-state index >= 15 is 0 Å². The molecule has 15 heavy (non-hydrogen) atoms. The molecule has 1 aromatic carbocycles. The van der Waals surface area contributed by atoms with Crippen LogP contribution in [0.5, 0.6) is 0 Å². The van der Waals surface area contributed by atoms with Crippen molar-refractivity contribution in [3.05, 3.63) is 39.3 Å². The van der Waals surface area contributed by atoms with Gasteiger partial charge >= 0.3 is 0 Å². The third-order valence-electron chi connectivity index (χ3n) is 1.75. The van der Waals surface area contributed by atoms with Gasteiger partial charge in [0.2, 0.25) is 5.91 Å². The second-order valence-electron chi connectivity index (χ2n) is 2.98. The molecule has 4 heteroatoms. The summed E-state index contributed by atoms with van der Waals surface area (Å²) in [5, 5.41) is 3.35. The molecule has 0 aromatic heterocycles. The Balaban J connectivity index is 2.64. The first kappa shape index (κ1) is 12.3. The molecule has 0 radical (unpaired) electrons. The van der Waals surface area contributed by atoms with Crippen LogP contribution in [-0.2, 0) is 4.79 Å². The van der Waals surface area contributed by atoms with Crippen molar-refractivity contribution < 1.29 is 4.79 Å². The first-order valence-electron chi connectivity index (χ1n) is 4.46. The molecule has 0 aliphatic rings. The highest BCUT2D eigenvalue weighted by Gasteiger charge is 1.99. The summed E-state index contributed by atoms with van der Waals surface area (Å²) in [6.45, 7) is 2.01. The third kappa shape index (κ3) is 4.06. The van der Waals surface area contributed by atoms with Crippen molar-refractivity contribution in [2.24, 2.45) is 0 Å². The fourth-order valence-corrected chi connectivity index (χ4v) is 1.62.